The zero-order valence-corrected chi connectivity index (χ0v) is 21.3. The molecule has 0 saturated carbocycles. The number of nitrogens with zero attached hydrogens (tertiary/aromatic N) is 2. The van der Waals surface area contributed by atoms with Crippen molar-refractivity contribution in [3.63, 3.8) is 0 Å². The van der Waals surface area contributed by atoms with Gasteiger partial charge in [-0.15, -0.1) is 10.3 Å². The van der Waals surface area contributed by atoms with Crippen LogP contribution in [-0.2, 0) is 21.5 Å². The van der Waals surface area contributed by atoms with E-state index >= 15 is 0 Å². The molecule has 6 nitrogen and oxygen atoms in total. The summed E-state index contributed by atoms with van der Waals surface area (Å²) in [6.07, 6.45) is 5.15. The van der Waals surface area contributed by atoms with Gasteiger partial charge in [0.15, 0.2) is 0 Å². The highest BCUT2D eigenvalue weighted by Gasteiger charge is 2.30. The van der Waals surface area contributed by atoms with Gasteiger partial charge in [0, 0.05) is 44.2 Å². The first-order chi connectivity index (χ1) is 17.8. The minimum absolute atomic E-state index is 0.00465. The number of hydrogen-bond acceptors (Lipinski definition) is 5. The summed E-state index contributed by atoms with van der Waals surface area (Å²) in [5, 5.41) is 0. The molecule has 8 heteroatoms. The summed E-state index contributed by atoms with van der Waals surface area (Å²) in [5.74, 6) is 2.44. The van der Waals surface area contributed by atoms with Gasteiger partial charge < -0.3 is 9.64 Å². The normalized spacial score (nSPS) is 15.6. The second-order valence-electron chi connectivity index (χ2n) is 9.40. The van der Waals surface area contributed by atoms with Crippen LogP contribution < -0.4 is 0 Å². The molecule has 1 heterocycles. The molecule has 1 aliphatic carbocycles. The van der Waals surface area contributed by atoms with Crippen LogP contribution in [0.5, 0.6) is 0 Å². The molecule has 2 aliphatic rings. The first-order valence-electron chi connectivity index (χ1n) is 12.1. The van der Waals surface area contributed by atoms with Gasteiger partial charge in [-0.3, -0.25) is 4.90 Å². The first-order valence-corrected chi connectivity index (χ1v) is 13.5. The number of ether oxygens (including phenoxy) is 1. The Hall–Kier alpha value is -3.67. The predicted molar refractivity (Wildman–Crippen MR) is 139 cm³/mol. The quantitative estimate of drug-likeness (QED) is 0.362. The van der Waals surface area contributed by atoms with E-state index in [1.165, 1.54) is 34.4 Å². The summed E-state index contributed by atoms with van der Waals surface area (Å²) >= 11 is 0. The maximum Gasteiger partial charge on any atom is 0.409 e. The number of terminal acetylenes is 1. The Kier molecular flexibility index (Phi) is 6.76. The first kappa shape index (κ1) is 25.0. The van der Waals surface area contributed by atoms with E-state index in [1.54, 1.807) is 11.8 Å². The number of carbonyl (C=O) groups excluding carboxylic acids is 1. The van der Waals surface area contributed by atoms with E-state index in [-0.39, 0.29) is 18.6 Å². The fourth-order valence-electron chi connectivity index (χ4n) is 5.21. The molecule has 37 heavy (non-hydrogen) atoms. The van der Waals surface area contributed by atoms with Crippen molar-refractivity contribution in [1.29, 1.82) is 0 Å². The van der Waals surface area contributed by atoms with Gasteiger partial charge in [-0.2, -0.15) is 8.42 Å². The number of halogens is 1. The molecule has 0 N–H and O–H groups in total. The molecule has 0 atom stereocenters. The number of benzene rings is 3. The summed E-state index contributed by atoms with van der Waals surface area (Å²) in [5.41, 5.74) is 6.45. The largest absolute Gasteiger partial charge is 0.448 e. The number of carbonyl (C=O) groups is 1. The third kappa shape index (κ3) is 4.97. The average molecular weight is 519 g/mol. The molecule has 0 spiro atoms. The van der Waals surface area contributed by atoms with Crippen LogP contribution in [0, 0.1) is 19.3 Å². The molecule has 1 fully saturated rings. The number of amides is 1. The molecule has 3 aromatic rings. The van der Waals surface area contributed by atoms with E-state index < -0.39 is 15.1 Å². The fourth-order valence-corrected chi connectivity index (χ4v) is 5.76. The Balaban J connectivity index is 1.21. The van der Waals surface area contributed by atoms with Gasteiger partial charge in [0.2, 0.25) is 0 Å². The van der Waals surface area contributed by atoms with Gasteiger partial charge in [-0.1, -0.05) is 54.5 Å². The van der Waals surface area contributed by atoms with Crippen LogP contribution in [0.25, 0.3) is 11.1 Å². The second-order valence-corrected chi connectivity index (χ2v) is 10.8. The lowest BCUT2D eigenvalue weighted by Crippen LogP contribution is -2.48. The van der Waals surface area contributed by atoms with Gasteiger partial charge in [-0.05, 0) is 52.4 Å². The third-order valence-electron chi connectivity index (χ3n) is 7.29. The molecular weight excluding hydrogens is 491 g/mol. The Morgan fingerprint density at radius 2 is 1.62 bits per heavy atom. The van der Waals surface area contributed by atoms with Crippen LogP contribution >= 0.6 is 0 Å². The third-order valence-corrected chi connectivity index (χ3v) is 8.09. The standard InChI is InChI=1S/C29H27FN2O4S/c1-3-21-16-23(37(30,34)35)17-22(20(21)2)18-31-12-14-32(15-13-31)29(33)36-19-28-26-10-6-4-8-24(26)25-9-5-7-11-27(25)28/h1,4-11,16-17,28H,12-15,18-19H2,2H3. The summed E-state index contributed by atoms with van der Waals surface area (Å²) in [4.78, 5) is 16.2. The lowest BCUT2D eigenvalue weighted by molar-refractivity contribution is 0.0728. The Morgan fingerprint density at radius 3 is 2.19 bits per heavy atom. The van der Waals surface area contributed by atoms with Gasteiger partial charge in [0.25, 0.3) is 0 Å². The molecule has 1 aliphatic heterocycles. The van der Waals surface area contributed by atoms with Crippen molar-refractivity contribution in [2.24, 2.45) is 0 Å². The van der Waals surface area contributed by atoms with E-state index in [0.29, 0.717) is 43.9 Å². The van der Waals surface area contributed by atoms with Gasteiger partial charge in [0.1, 0.15) is 11.5 Å². The Labute approximate surface area is 216 Å². The van der Waals surface area contributed by atoms with Crippen molar-refractivity contribution in [3.8, 4) is 23.5 Å². The molecule has 1 saturated heterocycles. The van der Waals surface area contributed by atoms with Crippen LogP contribution in [-0.4, -0.2) is 57.1 Å². The highest BCUT2D eigenvalue weighted by atomic mass is 32.3. The van der Waals surface area contributed by atoms with Gasteiger partial charge in [0.05, 0.1) is 0 Å². The van der Waals surface area contributed by atoms with Gasteiger partial charge >= 0.3 is 16.3 Å². The Bertz CT molecular complexity index is 1460. The molecule has 0 bridgehead atoms. The van der Waals surface area contributed by atoms with Crippen LogP contribution in [0.3, 0.4) is 0 Å². The van der Waals surface area contributed by atoms with E-state index in [0.717, 1.165) is 5.56 Å². The molecule has 5 rings (SSSR count). The average Bonchev–Trinajstić information content (AvgIpc) is 3.22. The summed E-state index contributed by atoms with van der Waals surface area (Å²) in [7, 11) is -4.87. The highest BCUT2D eigenvalue weighted by molar-refractivity contribution is 7.86. The smallest absolute Gasteiger partial charge is 0.409 e. The number of fused-ring (bicyclic) bond motifs is 3. The van der Waals surface area contributed by atoms with Crippen molar-refractivity contribution in [2.45, 2.75) is 24.3 Å². The minimum atomic E-state index is -4.87. The molecule has 0 aromatic heterocycles. The highest BCUT2D eigenvalue weighted by Crippen LogP contribution is 2.44. The van der Waals surface area contributed by atoms with E-state index in [2.05, 4.69) is 35.1 Å². The summed E-state index contributed by atoms with van der Waals surface area (Å²) in [6, 6.07) is 18.9. The van der Waals surface area contributed by atoms with E-state index in [4.69, 9.17) is 11.2 Å². The lowest BCUT2D eigenvalue weighted by Gasteiger charge is -2.34. The number of rotatable bonds is 5. The van der Waals surface area contributed by atoms with Crippen molar-refractivity contribution in [2.75, 3.05) is 32.8 Å². The maximum absolute atomic E-state index is 13.6. The van der Waals surface area contributed by atoms with Crippen molar-refractivity contribution in [1.82, 2.24) is 9.80 Å². The van der Waals surface area contributed by atoms with Crippen LogP contribution in [0.2, 0.25) is 0 Å². The molecule has 0 radical (unpaired) electrons. The van der Waals surface area contributed by atoms with Crippen molar-refractivity contribution >= 4 is 16.3 Å². The topological polar surface area (TPSA) is 66.9 Å². The lowest BCUT2D eigenvalue weighted by atomic mass is 9.98. The Morgan fingerprint density at radius 1 is 1.03 bits per heavy atom. The molecular formula is C29H27FN2O4S. The van der Waals surface area contributed by atoms with Crippen molar-refractivity contribution < 1.29 is 21.8 Å². The van der Waals surface area contributed by atoms with E-state index in [9.17, 15) is 17.1 Å². The maximum atomic E-state index is 13.6. The van der Waals surface area contributed by atoms with Crippen LogP contribution in [0.1, 0.15) is 33.7 Å². The monoisotopic (exact) mass is 518 g/mol. The molecule has 0 unspecified atom stereocenters. The summed E-state index contributed by atoms with van der Waals surface area (Å²) < 4.78 is 42.3. The van der Waals surface area contributed by atoms with E-state index in [1.807, 2.05) is 24.3 Å². The summed E-state index contributed by atoms with van der Waals surface area (Å²) in [6.45, 7) is 4.56. The van der Waals surface area contributed by atoms with Crippen LogP contribution in [0.4, 0.5) is 8.68 Å². The molecule has 190 valence electrons. The predicted octanol–water partition coefficient (Wildman–Crippen LogP) is 4.70. The fraction of sp³-hybridized carbons (Fsp3) is 0.276. The molecule has 3 aromatic carbocycles. The minimum Gasteiger partial charge on any atom is -0.448 e. The van der Waals surface area contributed by atoms with Crippen molar-refractivity contribution in [3.05, 3.63) is 88.5 Å². The zero-order valence-electron chi connectivity index (χ0n) is 20.5. The van der Waals surface area contributed by atoms with Crippen LogP contribution in [0.15, 0.2) is 65.6 Å². The SMILES string of the molecule is C#Cc1cc(S(=O)(=O)F)cc(CN2CCN(C(=O)OCC3c4ccccc4-c4ccccc43)CC2)c1C. The number of piperazine rings is 1. The second kappa shape index (κ2) is 10.0. The molecule has 1 amide bonds. The van der Waals surface area contributed by atoms with Gasteiger partial charge in [-0.25, -0.2) is 4.79 Å². The zero-order chi connectivity index (χ0) is 26.2. The number of hydrogen-bond donors (Lipinski definition) is 0.